The number of carbonyl (C=O) groups is 3. The summed E-state index contributed by atoms with van der Waals surface area (Å²) >= 11 is 0. The van der Waals surface area contributed by atoms with E-state index in [1.165, 1.54) is 0 Å². The van der Waals surface area contributed by atoms with Gasteiger partial charge in [0.15, 0.2) is 0 Å². The van der Waals surface area contributed by atoms with Crippen LogP contribution in [0, 0.1) is 5.92 Å². The lowest BCUT2D eigenvalue weighted by Crippen LogP contribution is -2.58. The number of fused-ring (bicyclic) bond motifs is 1. The van der Waals surface area contributed by atoms with Gasteiger partial charge in [0.25, 0.3) is 5.91 Å². The fourth-order valence-corrected chi connectivity index (χ4v) is 4.36. The van der Waals surface area contributed by atoms with Gasteiger partial charge in [-0.3, -0.25) is 14.4 Å². The van der Waals surface area contributed by atoms with E-state index in [-0.39, 0.29) is 24.3 Å². The molecule has 0 saturated carbocycles. The molecular weight excluding hydrogens is 356 g/mol. The van der Waals surface area contributed by atoms with Crippen molar-refractivity contribution in [2.24, 2.45) is 5.92 Å². The maximum atomic E-state index is 12.7. The first-order chi connectivity index (χ1) is 13.5. The molecule has 1 aromatic rings. The van der Waals surface area contributed by atoms with Gasteiger partial charge in [0.05, 0.1) is 12.1 Å². The molecule has 1 unspecified atom stereocenters. The highest BCUT2D eigenvalue weighted by Crippen LogP contribution is 2.31. The summed E-state index contributed by atoms with van der Waals surface area (Å²) in [5.74, 6) is 0.550. The molecule has 2 fully saturated rings. The van der Waals surface area contributed by atoms with Gasteiger partial charge in [0.2, 0.25) is 11.8 Å². The smallest absolute Gasteiger partial charge is 0.255 e. The van der Waals surface area contributed by atoms with Crippen LogP contribution in [-0.4, -0.2) is 59.4 Å². The number of nitrogens with zero attached hydrogens (tertiary/aromatic N) is 2. The summed E-state index contributed by atoms with van der Waals surface area (Å²) in [6.07, 6.45) is 3.44. The van der Waals surface area contributed by atoms with Crippen LogP contribution in [0.4, 0.5) is 5.69 Å². The van der Waals surface area contributed by atoms with Crippen LogP contribution < -0.4 is 10.6 Å². The van der Waals surface area contributed by atoms with E-state index in [9.17, 15) is 14.4 Å². The number of nitrogens with one attached hydrogen (secondary N) is 2. The Morgan fingerprint density at radius 2 is 1.86 bits per heavy atom. The van der Waals surface area contributed by atoms with E-state index < -0.39 is 5.66 Å². The Hall–Kier alpha value is -2.57. The lowest BCUT2D eigenvalue weighted by Gasteiger charge is -2.40. The molecule has 28 heavy (non-hydrogen) atoms. The molecule has 3 aliphatic rings. The number of piperidine rings is 1. The van der Waals surface area contributed by atoms with Crippen LogP contribution in [0.5, 0.6) is 0 Å². The van der Waals surface area contributed by atoms with Gasteiger partial charge in [0.1, 0.15) is 5.66 Å². The van der Waals surface area contributed by atoms with Crippen molar-refractivity contribution in [3.63, 3.8) is 0 Å². The van der Waals surface area contributed by atoms with Crippen LogP contribution in [0.2, 0.25) is 0 Å². The molecule has 2 saturated heterocycles. The quantitative estimate of drug-likeness (QED) is 0.815. The van der Waals surface area contributed by atoms with Gasteiger partial charge in [-0.15, -0.1) is 0 Å². The highest BCUT2D eigenvalue weighted by atomic mass is 16.2. The number of anilines is 1. The minimum absolute atomic E-state index is 0.0227. The molecule has 7 heteroatoms. The Morgan fingerprint density at radius 1 is 1.11 bits per heavy atom. The molecule has 2 N–H and O–H groups in total. The third kappa shape index (κ3) is 3.70. The predicted molar refractivity (Wildman–Crippen MR) is 106 cm³/mol. The van der Waals surface area contributed by atoms with Gasteiger partial charge >= 0.3 is 0 Å². The minimum Gasteiger partial charge on any atom is -0.362 e. The van der Waals surface area contributed by atoms with Gasteiger partial charge in [-0.05, 0) is 37.3 Å². The van der Waals surface area contributed by atoms with Gasteiger partial charge in [-0.25, -0.2) is 0 Å². The molecule has 1 spiro atoms. The molecule has 1 aromatic carbocycles. The summed E-state index contributed by atoms with van der Waals surface area (Å²) in [5.41, 5.74) is 0.778. The third-order valence-electron chi connectivity index (χ3n) is 6.29. The number of benzene rings is 1. The number of hydrogen-bond acceptors (Lipinski definition) is 4. The number of hydrogen-bond donors (Lipinski definition) is 2. The van der Waals surface area contributed by atoms with Crippen molar-refractivity contribution in [1.29, 1.82) is 0 Å². The van der Waals surface area contributed by atoms with Gasteiger partial charge in [-0.2, -0.15) is 0 Å². The van der Waals surface area contributed by atoms with Crippen LogP contribution in [0.3, 0.4) is 0 Å². The second-order valence-corrected chi connectivity index (χ2v) is 8.34. The zero-order chi connectivity index (χ0) is 19.7. The monoisotopic (exact) mass is 384 g/mol. The molecule has 3 amide bonds. The van der Waals surface area contributed by atoms with Gasteiger partial charge in [-0.1, -0.05) is 19.1 Å². The van der Waals surface area contributed by atoms with Crippen molar-refractivity contribution in [2.75, 3.05) is 31.5 Å². The normalized spacial score (nSPS) is 25.8. The average molecular weight is 384 g/mol. The van der Waals surface area contributed by atoms with Crippen LogP contribution in [0.25, 0.3) is 0 Å². The molecule has 3 heterocycles. The van der Waals surface area contributed by atoms with Gasteiger partial charge < -0.3 is 20.4 Å². The summed E-state index contributed by atoms with van der Waals surface area (Å²) in [6.45, 7) is 4.35. The third-order valence-corrected chi connectivity index (χ3v) is 6.29. The highest BCUT2D eigenvalue weighted by Gasteiger charge is 2.40. The predicted octanol–water partition coefficient (Wildman–Crippen LogP) is 1.81. The summed E-state index contributed by atoms with van der Waals surface area (Å²) in [6, 6.07) is 7.41. The fourth-order valence-electron chi connectivity index (χ4n) is 4.36. The van der Waals surface area contributed by atoms with Crippen LogP contribution in [0.1, 0.15) is 49.4 Å². The van der Waals surface area contributed by atoms with Crippen molar-refractivity contribution in [3.8, 4) is 0 Å². The van der Waals surface area contributed by atoms with Crippen molar-refractivity contribution in [3.05, 3.63) is 29.8 Å². The lowest BCUT2D eigenvalue weighted by molar-refractivity contribution is -0.141. The van der Waals surface area contributed by atoms with Crippen molar-refractivity contribution >= 4 is 23.4 Å². The Labute approximate surface area is 165 Å². The minimum atomic E-state index is -0.639. The van der Waals surface area contributed by atoms with E-state index in [4.69, 9.17) is 0 Å². The van der Waals surface area contributed by atoms with E-state index in [1.54, 1.807) is 11.0 Å². The van der Waals surface area contributed by atoms with Gasteiger partial charge in [0, 0.05) is 38.2 Å². The number of rotatable bonds is 2. The maximum Gasteiger partial charge on any atom is 0.255 e. The molecule has 7 nitrogen and oxygen atoms in total. The summed E-state index contributed by atoms with van der Waals surface area (Å²) in [4.78, 5) is 41.4. The number of carbonyl (C=O) groups excluding carboxylic acids is 3. The van der Waals surface area contributed by atoms with Crippen molar-refractivity contribution < 1.29 is 14.4 Å². The molecule has 0 bridgehead atoms. The zero-order valence-electron chi connectivity index (χ0n) is 16.4. The zero-order valence-corrected chi connectivity index (χ0v) is 16.4. The van der Waals surface area contributed by atoms with E-state index >= 15 is 0 Å². The van der Waals surface area contributed by atoms with Crippen LogP contribution in [-0.2, 0) is 9.59 Å². The first kappa shape index (κ1) is 18.8. The topological polar surface area (TPSA) is 81.8 Å². The molecule has 0 aliphatic carbocycles. The van der Waals surface area contributed by atoms with Crippen molar-refractivity contribution in [1.82, 2.24) is 15.1 Å². The number of para-hydroxylation sites is 1. The van der Waals surface area contributed by atoms with Crippen molar-refractivity contribution in [2.45, 2.75) is 44.7 Å². The SMILES string of the molecule is CC1CCN(C(=O)CN2CCC3(CCC2=O)NC(=O)c2ccccc2N3)CC1. The van der Waals surface area contributed by atoms with Crippen LogP contribution >= 0.6 is 0 Å². The van der Waals surface area contributed by atoms with Crippen LogP contribution in [0.15, 0.2) is 24.3 Å². The lowest BCUT2D eigenvalue weighted by atomic mass is 9.95. The summed E-state index contributed by atoms with van der Waals surface area (Å²) < 4.78 is 0. The molecule has 0 radical (unpaired) electrons. The maximum absolute atomic E-state index is 12.7. The first-order valence-electron chi connectivity index (χ1n) is 10.2. The average Bonchev–Trinajstić information content (AvgIpc) is 2.83. The van der Waals surface area contributed by atoms with E-state index in [2.05, 4.69) is 17.6 Å². The Kier molecular flexibility index (Phi) is 5.00. The van der Waals surface area contributed by atoms with E-state index in [0.29, 0.717) is 37.3 Å². The molecule has 150 valence electrons. The summed E-state index contributed by atoms with van der Waals surface area (Å²) in [5, 5.41) is 6.51. The molecule has 4 rings (SSSR count). The summed E-state index contributed by atoms with van der Waals surface area (Å²) in [7, 11) is 0. The first-order valence-corrected chi connectivity index (χ1v) is 10.2. The van der Waals surface area contributed by atoms with E-state index in [1.807, 2.05) is 23.1 Å². The fraction of sp³-hybridized carbons (Fsp3) is 0.571. The molecule has 0 aromatic heterocycles. The Bertz CT molecular complexity index is 788. The number of amides is 3. The second-order valence-electron chi connectivity index (χ2n) is 8.34. The highest BCUT2D eigenvalue weighted by molar-refractivity contribution is 6.02. The Morgan fingerprint density at radius 3 is 2.64 bits per heavy atom. The molecule has 1 atom stereocenters. The second kappa shape index (κ2) is 7.45. The van der Waals surface area contributed by atoms with E-state index in [0.717, 1.165) is 31.6 Å². The molecular formula is C21H28N4O3. The Balaban J connectivity index is 1.42. The standard InChI is InChI=1S/C21H28N4O3/c1-15-7-11-24(12-8-15)19(27)14-25-13-10-21(9-6-18(25)26)22-17-5-3-2-4-16(17)20(28)23-21/h2-5,15,22H,6-14H2,1H3,(H,23,28). The number of likely N-dealkylation sites (tertiary alicyclic amines) is 2. The largest absolute Gasteiger partial charge is 0.362 e. The molecule has 3 aliphatic heterocycles.